The van der Waals surface area contributed by atoms with Crippen molar-refractivity contribution in [3.8, 4) is 11.5 Å². The second-order valence-corrected chi connectivity index (χ2v) is 6.97. The predicted octanol–water partition coefficient (Wildman–Crippen LogP) is 6.20. The highest BCUT2D eigenvalue weighted by Gasteiger charge is 2.37. The molecule has 0 fully saturated rings. The van der Waals surface area contributed by atoms with Crippen molar-refractivity contribution in [3.63, 3.8) is 0 Å². The first kappa shape index (κ1) is 16.6. The van der Waals surface area contributed by atoms with Gasteiger partial charge >= 0.3 is 0 Å². The summed E-state index contributed by atoms with van der Waals surface area (Å²) in [6.45, 7) is 0. The van der Waals surface area contributed by atoms with Crippen LogP contribution in [0.1, 0.15) is 16.7 Å². The van der Waals surface area contributed by atoms with Crippen molar-refractivity contribution in [2.75, 3.05) is 7.11 Å². The largest absolute Gasteiger partial charge is 0.497 e. The Labute approximate surface area is 164 Å². The van der Waals surface area contributed by atoms with E-state index in [4.69, 9.17) is 9.47 Å². The zero-order valence-corrected chi connectivity index (χ0v) is 15.6. The van der Waals surface area contributed by atoms with Gasteiger partial charge in [0.2, 0.25) is 0 Å². The number of hydrogen-bond acceptors (Lipinski definition) is 2. The Morgan fingerprint density at radius 1 is 0.714 bits per heavy atom. The number of ether oxygens (including phenoxy) is 2. The van der Waals surface area contributed by atoms with E-state index in [9.17, 15) is 0 Å². The van der Waals surface area contributed by atoms with Gasteiger partial charge in [0.1, 0.15) is 11.5 Å². The molecule has 0 radical (unpaired) electrons. The number of benzene rings is 4. The quantitative estimate of drug-likeness (QED) is 0.431. The van der Waals surface area contributed by atoms with E-state index in [-0.39, 0.29) is 0 Å². The molecular weight excluding hydrogens is 344 g/mol. The fourth-order valence-corrected chi connectivity index (χ4v) is 3.91. The Morgan fingerprint density at radius 3 is 2.21 bits per heavy atom. The van der Waals surface area contributed by atoms with Crippen LogP contribution >= 0.6 is 0 Å². The van der Waals surface area contributed by atoms with Crippen molar-refractivity contribution in [1.82, 2.24) is 0 Å². The van der Waals surface area contributed by atoms with Crippen LogP contribution in [-0.4, -0.2) is 7.11 Å². The van der Waals surface area contributed by atoms with Crippen LogP contribution in [0, 0.1) is 0 Å². The lowest BCUT2D eigenvalue weighted by atomic mass is 9.83. The fourth-order valence-electron chi connectivity index (χ4n) is 3.91. The highest BCUT2D eigenvalue weighted by molar-refractivity contribution is 5.92. The second kappa shape index (κ2) is 6.58. The van der Waals surface area contributed by atoms with Crippen molar-refractivity contribution >= 4 is 16.8 Å². The summed E-state index contributed by atoms with van der Waals surface area (Å²) in [4.78, 5) is 0. The van der Waals surface area contributed by atoms with Gasteiger partial charge < -0.3 is 9.47 Å². The molecule has 0 saturated heterocycles. The Balaban J connectivity index is 1.74. The van der Waals surface area contributed by atoms with Crippen LogP contribution in [0.3, 0.4) is 0 Å². The molecule has 1 atom stereocenters. The third-order valence-electron chi connectivity index (χ3n) is 5.39. The average molecular weight is 364 g/mol. The topological polar surface area (TPSA) is 18.5 Å². The maximum absolute atomic E-state index is 6.85. The molecule has 4 aromatic rings. The third-order valence-corrected chi connectivity index (χ3v) is 5.39. The Hall–Kier alpha value is -3.52. The van der Waals surface area contributed by atoms with Gasteiger partial charge in [-0.15, -0.1) is 0 Å². The summed E-state index contributed by atoms with van der Waals surface area (Å²) in [5.41, 5.74) is 2.56. The van der Waals surface area contributed by atoms with E-state index in [0.717, 1.165) is 33.6 Å². The minimum atomic E-state index is -0.690. The van der Waals surface area contributed by atoms with Crippen molar-refractivity contribution in [2.45, 2.75) is 5.60 Å². The first-order valence-electron chi connectivity index (χ1n) is 9.40. The maximum Gasteiger partial charge on any atom is 0.178 e. The molecule has 2 heteroatoms. The second-order valence-electron chi connectivity index (χ2n) is 6.97. The molecule has 0 bridgehead atoms. The number of hydrogen-bond donors (Lipinski definition) is 0. The highest BCUT2D eigenvalue weighted by atomic mass is 16.5. The smallest absolute Gasteiger partial charge is 0.178 e. The summed E-state index contributed by atoms with van der Waals surface area (Å²) in [6.07, 6.45) is 4.32. The lowest BCUT2D eigenvalue weighted by Crippen LogP contribution is -2.34. The van der Waals surface area contributed by atoms with Crippen LogP contribution < -0.4 is 9.47 Å². The standard InChI is InChI=1S/C26H20O2/c1-27-23-15-13-22(14-16-23)26(21-8-3-2-4-9-21)18-17-20-12-11-19-7-5-6-10-24(19)25(20)28-26/h2-18H,1H3. The van der Waals surface area contributed by atoms with E-state index in [1.807, 2.05) is 18.2 Å². The van der Waals surface area contributed by atoms with Crippen molar-refractivity contribution < 1.29 is 9.47 Å². The third kappa shape index (κ3) is 2.57. The van der Waals surface area contributed by atoms with E-state index in [2.05, 4.69) is 84.9 Å². The van der Waals surface area contributed by atoms with Gasteiger partial charge in [-0.2, -0.15) is 0 Å². The highest BCUT2D eigenvalue weighted by Crippen LogP contribution is 2.45. The zero-order chi connectivity index (χ0) is 19.0. The van der Waals surface area contributed by atoms with Gasteiger partial charge in [-0.1, -0.05) is 84.9 Å². The van der Waals surface area contributed by atoms with E-state index < -0.39 is 5.60 Å². The monoisotopic (exact) mass is 364 g/mol. The van der Waals surface area contributed by atoms with Crippen LogP contribution in [0.25, 0.3) is 16.8 Å². The maximum atomic E-state index is 6.85. The van der Waals surface area contributed by atoms with E-state index >= 15 is 0 Å². The Kier molecular flexibility index (Phi) is 3.91. The number of rotatable bonds is 3. The molecule has 1 aliphatic rings. The zero-order valence-electron chi connectivity index (χ0n) is 15.6. The van der Waals surface area contributed by atoms with Gasteiger partial charge in [-0.05, 0) is 23.6 Å². The van der Waals surface area contributed by atoms with Crippen LogP contribution in [0.15, 0.2) is 97.1 Å². The molecule has 0 aromatic heterocycles. The fraction of sp³-hybridized carbons (Fsp3) is 0.0769. The van der Waals surface area contributed by atoms with E-state index in [1.54, 1.807) is 7.11 Å². The molecular formula is C26H20O2. The van der Waals surface area contributed by atoms with Crippen LogP contribution in [0.4, 0.5) is 0 Å². The molecule has 136 valence electrons. The molecule has 4 aromatic carbocycles. The minimum absolute atomic E-state index is 0.690. The Morgan fingerprint density at radius 2 is 1.43 bits per heavy atom. The van der Waals surface area contributed by atoms with Gasteiger partial charge in [0, 0.05) is 22.1 Å². The molecule has 2 nitrogen and oxygen atoms in total. The summed E-state index contributed by atoms with van der Waals surface area (Å²) >= 11 is 0. The van der Waals surface area contributed by atoms with Crippen LogP contribution in [0.5, 0.6) is 11.5 Å². The SMILES string of the molecule is COc1ccc(C2(c3ccccc3)C=Cc3ccc4ccccc4c3O2)cc1. The molecule has 0 aliphatic carbocycles. The van der Waals surface area contributed by atoms with Crippen LogP contribution in [-0.2, 0) is 5.60 Å². The van der Waals surface area contributed by atoms with Gasteiger partial charge in [-0.25, -0.2) is 0 Å². The van der Waals surface area contributed by atoms with Crippen LogP contribution in [0.2, 0.25) is 0 Å². The van der Waals surface area contributed by atoms with Crippen molar-refractivity contribution in [1.29, 1.82) is 0 Å². The van der Waals surface area contributed by atoms with E-state index in [0.29, 0.717) is 0 Å². The minimum Gasteiger partial charge on any atom is -0.497 e. The molecule has 1 heterocycles. The summed E-state index contributed by atoms with van der Waals surface area (Å²) in [7, 11) is 1.68. The molecule has 0 N–H and O–H groups in total. The molecule has 0 amide bonds. The van der Waals surface area contributed by atoms with Crippen molar-refractivity contribution in [2.24, 2.45) is 0 Å². The molecule has 0 spiro atoms. The molecule has 1 unspecified atom stereocenters. The summed E-state index contributed by atoms with van der Waals surface area (Å²) in [6, 6.07) is 31.1. The number of methoxy groups -OCH3 is 1. The first-order valence-corrected chi connectivity index (χ1v) is 9.40. The predicted molar refractivity (Wildman–Crippen MR) is 114 cm³/mol. The number of fused-ring (bicyclic) bond motifs is 3. The average Bonchev–Trinajstić information content (AvgIpc) is 2.79. The molecule has 28 heavy (non-hydrogen) atoms. The van der Waals surface area contributed by atoms with E-state index in [1.165, 1.54) is 5.39 Å². The van der Waals surface area contributed by atoms with Gasteiger partial charge in [0.15, 0.2) is 5.60 Å². The van der Waals surface area contributed by atoms with Gasteiger partial charge in [0.05, 0.1) is 7.11 Å². The van der Waals surface area contributed by atoms with Gasteiger partial charge in [-0.3, -0.25) is 0 Å². The van der Waals surface area contributed by atoms with Crippen molar-refractivity contribution in [3.05, 3.63) is 114 Å². The lowest BCUT2D eigenvalue weighted by Gasteiger charge is -2.36. The Bertz CT molecular complexity index is 1160. The summed E-state index contributed by atoms with van der Waals surface area (Å²) in [5.74, 6) is 1.75. The summed E-state index contributed by atoms with van der Waals surface area (Å²) in [5, 5.41) is 2.30. The molecule has 5 rings (SSSR count). The first-order chi connectivity index (χ1) is 13.8. The lowest BCUT2D eigenvalue weighted by molar-refractivity contribution is 0.163. The molecule has 1 aliphatic heterocycles. The summed E-state index contributed by atoms with van der Waals surface area (Å²) < 4.78 is 12.2. The van der Waals surface area contributed by atoms with Gasteiger partial charge in [0.25, 0.3) is 0 Å². The molecule has 0 saturated carbocycles. The normalized spacial score (nSPS) is 17.8.